The zero-order valence-corrected chi connectivity index (χ0v) is 14.2. The Balaban J connectivity index is 0.00000192. The highest BCUT2D eigenvalue weighted by molar-refractivity contribution is 5.92. The van der Waals surface area contributed by atoms with Gasteiger partial charge in [0.15, 0.2) is 0 Å². The zero-order chi connectivity index (χ0) is 15.5. The van der Waals surface area contributed by atoms with Gasteiger partial charge in [-0.3, -0.25) is 4.79 Å². The van der Waals surface area contributed by atoms with Gasteiger partial charge < -0.3 is 15.1 Å². The molecule has 0 unspecified atom stereocenters. The number of aromatic nitrogens is 1. The van der Waals surface area contributed by atoms with E-state index in [1.54, 1.807) is 0 Å². The summed E-state index contributed by atoms with van der Waals surface area (Å²) in [4.78, 5) is 16.3. The lowest BCUT2D eigenvalue weighted by Gasteiger charge is -2.07. The van der Waals surface area contributed by atoms with E-state index in [2.05, 4.69) is 15.6 Å². The molecule has 2 aromatic rings. The highest BCUT2D eigenvalue weighted by Gasteiger charge is 2.20. The van der Waals surface area contributed by atoms with Gasteiger partial charge in [0, 0.05) is 11.3 Å². The molecule has 2 N–H and O–H groups in total. The number of nitrogens with one attached hydrogen (secondary N) is 2. The van der Waals surface area contributed by atoms with Crippen molar-refractivity contribution in [1.29, 1.82) is 0 Å². The molecular formula is C17H22ClN3O2. The van der Waals surface area contributed by atoms with E-state index in [0.717, 1.165) is 35.2 Å². The van der Waals surface area contributed by atoms with E-state index in [9.17, 15) is 4.79 Å². The normalized spacial score (nSPS) is 13.5. The third kappa shape index (κ3) is 4.81. The predicted octanol–water partition coefficient (Wildman–Crippen LogP) is 3.32. The van der Waals surface area contributed by atoms with Gasteiger partial charge >= 0.3 is 0 Å². The number of rotatable bonds is 6. The number of benzene rings is 1. The van der Waals surface area contributed by atoms with Gasteiger partial charge in [-0.2, -0.15) is 0 Å². The molecule has 0 radical (unpaired) electrons. The van der Waals surface area contributed by atoms with E-state index in [1.165, 1.54) is 12.8 Å². The van der Waals surface area contributed by atoms with Gasteiger partial charge in [0.1, 0.15) is 5.76 Å². The molecule has 23 heavy (non-hydrogen) atoms. The summed E-state index contributed by atoms with van der Waals surface area (Å²) in [7, 11) is 0. The van der Waals surface area contributed by atoms with E-state index < -0.39 is 0 Å². The van der Waals surface area contributed by atoms with E-state index in [0.29, 0.717) is 12.4 Å². The number of carbonyl (C=O) groups is 1. The first-order valence-electron chi connectivity index (χ1n) is 7.67. The monoisotopic (exact) mass is 335 g/mol. The molecule has 3 rings (SSSR count). The van der Waals surface area contributed by atoms with Crippen molar-refractivity contribution < 1.29 is 9.21 Å². The average molecular weight is 336 g/mol. The molecule has 0 atom stereocenters. The Labute approximate surface area is 142 Å². The summed E-state index contributed by atoms with van der Waals surface area (Å²) >= 11 is 0. The minimum Gasteiger partial charge on any atom is -0.441 e. The molecular weight excluding hydrogens is 314 g/mol. The lowest BCUT2D eigenvalue weighted by Crippen LogP contribution is -2.29. The first-order valence-corrected chi connectivity index (χ1v) is 7.67. The Bertz CT molecular complexity index is 661. The maximum Gasteiger partial charge on any atom is 0.238 e. The van der Waals surface area contributed by atoms with Crippen molar-refractivity contribution in [2.45, 2.75) is 26.7 Å². The molecule has 1 aliphatic carbocycles. The average Bonchev–Trinajstić information content (AvgIpc) is 3.25. The Morgan fingerprint density at radius 2 is 2.13 bits per heavy atom. The van der Waals surface area contributed by atoms with Crippen molar-refractivity contribution in [2.24, 2.45) is 5.92 Å². The lowest BCUT2D eigenvalue weighted by atomic mass is 10.2. The van der Waals surface area contributed by atoms with Gasteiger partial charge in [-0.15, -0.1) is 12.4 Å². The summed E-state index contributed by atoms with van der Waals surface area (Å²) in [5.74, 6) is 2.14. The minimum absolute atomic E-state index is 0. The molecule has 1 aliphatic rings. The van der Waals surface area contributed by atoms with Crippen LogP contribution in [0, 0.1) is 19.8 Å². The number of hydrogen-bond donors (Lipinski definition) is 2. The fourth-order valence-electron chi connectivity index (χ4n) is 2.24. The van der Waals surface area contributed by atoms with Gasteiger partial charge in [0.2, 0.25) is 11.8 Å². The highest BCUT2D eigenvalue weighted by Crippen LogP contribution is 2.27. The highest BCUT2D eigenvalue weighted by atomic mass is 35.5. The van der Waals surface area contributed by atoms with Crippen molar-refractivity contribution in [3.05, 3.63) is 35.7 Å². The topological polar surface area (TPSA) is 67.2 Å². The SMILES string of the molecule is Cc1nc(-c2cccc(NC(=O)CNCC3CC3)c2)oc1C.Cl. The first kappa shape index (κ1) is 17.5. The Kier molecular flexibility index (Phi) is 5.80. The number of amides is 1. The van der Waals surface area contributed by atoms with Crippen molar-refractivity contribution in [2.75, 3.05) is 18.4 Å². The maximum atomic E-state index is 11.9. The van der Waals surface area contributed by atoms with Gasteiger partial charge in [-0.25, -0.2) is 4.98 Å². The van der Waals surface area contributed by atoms with Crippen LogP contribution in [0.25, 0.3) is 11.5 Å². The number of halogens is 1. The fourth-order valence-corrected chi connectivity index (χ4v) is 2.24. The molecule has 6 heteroatoms. The lowest BCUT2D eigenvalue weighted by molar-refractivity contribution is -0.115. The van der Waals surface area contributed by atoms with Crippen LogP contribution >= 0.6 is 12.4 Å². The minimum atomic E-state index is -0.0300. The molecule has 1 saturated carbocycles. The van der Waals surface area contributed by atoms with Crippen LogP contribution in [0.5, 0.6) is 0 Å². The van der Waals surface area contributed by atoms with Gasteiger partial charge in [0.25, 0.3) is 0 Å². The molecule has 1 aromatic carbocycles. The van der Waals surface area contributed by atoms with Crippen molar-refractivity contribution in [3.63, 3.8) is 0 Å². The molecule has 1 heterocycles. The fraction of sp³-hybridized carbons (Fsp3) is 0.412. The van der Waals surface area contributed by atoms with E-state index >= 15 is 0 Å². The number of oxazole rings is 1. The quantitative estimate of drug-likeness (QED) is 0.849. The number of anilines is 1. The molecule has 1 fully saturated rings. The van der Waals surface area contributed by atoms with Crippen LogP contribution in [-0.2, 0) is 4.79 Å². The third-order valence-corrected chi connectivity index (χ3v) is 3.84. The number of carbonyl (C=O) groups excluding carboxylic acids is 1. The summed E-state index contributed by atoms with van der Waals surface area (Å²) in [6, 6.07) is 7.55. The van der Waals surface area contributed by atoms with Crippen LogP contribution in [0.1, 0.15) is 24.3 Å². The second kappa shape index (κ2) is 7.62. The molecule has 5 nitrogen and oxygen atoms in total. The second-order valence-electron chi connectivity index (χ2n) is 5.86. The molecule has 124 valence electrons. The summed E-state index contributed by atoms with van der Waals surface area (Å²) in [6.07, 6.45) is 2.57. The number of hydrogen-bond acceptors (Lipinski definition) is 4. The van der Waals surface area contributed by atoms with Crippen LogP contribution < -0.4 is 10.6 Å². The first-order chi connectivity index (χ1) is 10.6. The maximum absolute atomic E-state index is 11.9. The van der Waals surface area contributed by atoms with Crippen LogP contribution in [0.15, 0.2) is 28.7 Å². The van der Waals surface area contributed by atoms with Crippen molar-refractivity contribution >= 4 is 24.0 Å². The molecule has 0 spiro atoms. The van der Waals surface area contributed by atoms with Crippen LogP contribution in [0.2, 0.25) is 0 Å². The summed E-state index contributed by atoms with van der Waals surface area (Å²) < 4.78 is 5.62. The zero-order valence-electron chi connectivity index (χ0n) is 13.4. The molecule has 1 aromatic heterocycles. The van der Waals surface area contributed by atoms with E-state index in [1.807, 2.05) is 38.1 Å². The van der Waals surface area contributed by atoms with Crippen molar-refractivity contribution in [3.8, 4) is 11.5 Å². The van der Waals surface area contributed by atoms with Crippen molar-refractivity contribution in [1.82, 2.24) is 10.3 Å². The smallest absolute Gasteiger partial charge is 0.238 e. The Morgan fingerprint density at radius 3 is 2.78 bits per heavy atom. The van der Waals surface area contributed by atoms with E-state index in [4.69, 9.17) is 4.42 Å². The Morgan fingerprint density at radius 1 is 1.35 bits per heavy atom. The summed E-state index contributed by atoms with van der Waals surface area (Å²) in [6.45, 7) is 5.09. The summed E-state index contributed by atoms with van der Waals surface area (Å²) in [5, 5.41) is 6.08. The Hall–Kier alpha value is -1.85. The standard InChI is InChI=1S/C17H21N3O2.ClH/c1-11-12(2)22-17(19-11)14-4-3-5-15(8-14)20-16(21)10-18-9-13-6-7-13;/h3-5,8,13,18H,6-7,9-10H2,1-2H3,(H,20,21);1H. The van der Waals surface area contributed by atoms with Crippen LogP contribution in [-0.4, -0.2) is 24.0 Å². The molecule has 0 saturated heterocycles. The molecule has 0 bridgehead atoms. The number of nitrogens with zero attached hydrogens (tertiary/aromatic N) is 1. The van der Waals surface area contributed by atoms with E-state index in [-0.39, 0.29) is 18.3 Å². The van der Waals surface area contributed by atoms with Gasteiger partial charge in [0.05, 0.1) is 12.2 Å². The van der Waals surface area contributed by atoms with Crippen LogP contribution in [0.4, 0.5) is 5.69 Å². The van der Waals surface area contributed by atoms with Crippen LogP contribution in [0.3, 0.4) is 0 Å². The molecule has 1 amide bonds. The summed E-state index contributed by atoms with van der Waals surface area (Å²) in [5.41, 5.74) is 2.50. The predicted molar refractivity (Wildman–Crippen MR) is 92.9 cm³/mol. The number of aryl methyl sites for hydroxylation is 2. The second-order valence-corrected chi connectivity index (χ2v) is 5.86. The van der Waals surface area contributed by atoms with Gasteiger partial charge in [-0.05, 0) is 57.4 Å². The largest absolute Gasteiger partial charge is 0.441 e. The molecule has 0 aliphatic heterocycles. The third-order valence-electron chi connectivity index (χ3n) is 3.84. The van der Waals surface area contributed by atoms with Gasteiger partial charge in [-0.1, -0.05) is 6.07 Å².